The van der Waals surface area contributed by atoms with Gasteiger partial charge in [-0.2, -0.15) is 0 Å². The highest BCUT2D eigenvalue weighted by atomic mass is 35.5. The predicted molar refractivity (Wildman–Crippen MR) is 67.2 cm³/mol. The van der Waals surface area contributed by atoms with Crippen molar-refractivity contribution in [1.82, 2.24) is 4.98 Å². The largest absolute Gasteiger partial charge is 0.485 e. The molecule has 3 nitrogen and oxygen atoms in total. The molecule has 0 amide bonds. The summed E-state index contributed by atoms with van der Waals surface area (Å²) in [6.45, 7) is 1.89. The summed E-state index contributed by atoms with van der Waals surface area (Å²) in [5.74, 6) is 0.226. The molecular formula is C10H15Cl2FN2O. The smallest absolute Gasteiger partial charge is 0.141 e. The van der Waals surface area contributed by atoms with Gasteiger partial charge >= 0.3 is 0 Å². The molecule has 16 heavy (non-hydrogen) atoms. The van der Waals surface area contributed by atoms with E-state index in [1.165, 1.54) is 6.08 Å². The van der Waals surface area contributed by atoms with Crippen LogP contribution in [0.1, 0.15) is 5.69 Å². The first-order valence-corrected chi connectivity index (χ1v) is 4.33. The number of rotatable bonds is 4. The van der Waals surface area contributed by atoms with E-state index in [4.69, 9.17) is 10.5 Å². The van der Waals surface area contributed by atoms with E-state index in [2.05, 4.69) is 4.98 Å². The lowest BCUT2D eigenvalue weighted by molar-refractivity contribution is 0.315. The summed E-state index contributed by atoms with van der Waals surface area (Å²) < 4.78 is 18.0. The average Bonchev–Trinajstić information content (AvgIpc) is 2.17. The molecule has 0 aliphatic carbocycles. The van der Waals surface area contributed by atoms with E-state index >= 15 is 0 Å². The maximum Gasteiger partial charge on any atom is 0.141 e. The lowest BCUT2D eigenvalue weighted by atomic mass is 10.3. The molecule has 0 bridgehead atoms. The van der Waals surface area contributed by atoms with E-state index in [0.29, 0.717) is 5.75 Å². The van der Waals surface area contributed by atoms with Crippen molar-refractivity contribution in [3.63, 3.8) is 0 Å². The van der Waals surface area contributed by atoms with Gasteiger partial charge < -0.3 is 10.5 Å². The Morgan fingerprint density at radius 2 is 2.25 bits per heavy atom. The molecule has 1 heterocycles. The molecule has 2 N–H and O–H groups in total. The summed E-state index contributed by atoms with van der Waals surface area (Å²) in [6, 6.07) is 3.49. The fourth-order valence-electron chi connectivity index (χ4n) is 0.956. The molecule has 0 atom stereocenters. The molecule has 0 aromatic carbocycles. The Morgan fingerprint density at radius 3 is 2.81 bits per heavy atom. The summed E-state index contributed by atoms with van der Waals surface area (Å²) in [7, 11) is 0. The van der Waals surface area contributed by atoms with Gasteiger partial charge in [-0.1, -0.05) is 0 Å². The van der Waals surface area contributed by atoms with E-state index in [1.54, 1.807) is 25.3 Å². The summed E-state index contributed by atoms with van der Waals surface area (Å²) in [6.07, 6.45) is 2.94. The van der Waals surface area contributed by atoms with Crippen LogP contribution in [0.2, 0.25) is 0 Å². The van der Waals surface area contributed by atoms with Crippen LogP contribution in [-0.2, 0) is 0 Å². The van der Waals surface area contributed by atoms with E-state index in [-0.39, 0.29) is 43.8 Å². The molecule has 92 valence electrons. The fourth-order valence-corrected chi connectivity index (χ4v) is 0.956. The quantitative estimate of drug-likeness (QED) is 0.913. The van der Waals surface area contributed by atoms with Crippen molar-refractivity contribution in [2.45, 2.75) is 6.92 Å². The number of halogens is 3. The third-order valence-electron chi connectivity index (χ3n) is 1.66. The molecule has 0 fully saturated rings. The Bertz CT molecular complexity index is 334. The van der Waals surface area contributed by atoms with Crippen LogP contribution in [0.3, 0.4) is 0 Å². The average molecular weight is 269 g/mol. The van der Waals surface area contributed by atoms with Gasteiger partial charge in [-0.05, 0) is 25.1 Å². The molecule has 1 aromatic heterocycles. The molecule has 1 rings (SSSR count). The predicted octanol–water partition coefficient (Wildman–Crippen LogP) is 2.42. The van der Waals surface area contributed by atoms with Gasteiger partial charge in [0.1, 0.15) is 18.2 Å². The first-order chi connectivity index (χ1) is 6.74. The lowest BCUT2D eigenvalue weighted by Crippen LogP contribution is -2.02. The van der Waals surface area contributed by atoms with Crippen molar-refractivity contribution < 1.29 is 9.13 Å². The molecule has 0 radical (unpaired) electrons. The number of nitrogens with zero attached hydrogens (tertiary/aromatic N) is 1. The Morgan fingerprint density at radius 1 is 1.56 bits per heavy atom. The van der Waals surface area contributed by atoms with Crippen molar-refractivity contribution in [2.24, 2.45) is 5.73 Å². The van der Waals surface area contributed by atoms with Crippen LogP contribution in [0.4, 0.5) is 4.39 Å². The molecule has 0 saturated heterocycles. The van der Waals surface area contributed by atoms with E-state index in [9.17, 15) is 4.39 Å². The molecule has 6 heteroatoms. The van der Waals surface area contributed by atoms with E-state index in [0.717, 1.165) is 5.69 Å². The zero-order valence-corrected chi connectivity index (χ0v) is 10.5. The van der Waals surface area contributed by atoms with Gasteiger partial charge in [-0.3, -0.25) is 4.98 Å². The second-order valence-electron chi connectivity index (χ2n) is 2.76. The van der Waals surface area contributed by atoms with Gasteiger partial charge in [0, 0.05) is 12.7 Å². The molecule has 0 aliphatic heterocycles. The van der Waals surface area contributed by atoms with Gasteiger partial charge in [0.2, 0.25) is 0 Å². The van der Waals surface area contributed by atoms with Crippen molar-refractivity contribution in [1.29, 1.82) is 0 Å². The number of aryl methyl sites for hydroxylation is 1. The normalized spacial score (nSPS) is 10.1. The molecule has 0 aliphatic rings. The van der Waals surface area contributed by atoms with Crippen LogP contribution < -0.4 is 10.5 Å². The van der Waals surface area contributed by atoms with Crippen LogP contribution in [0.5, 0.6) is 5.75 Å². The fraction of sp³-hybridized carbons (Fsp3) is 0.300. The van der Waals surface area contributed by atoms with Crippen molar-refractivity contribution in [2.75, 3.05) is 13.2 Å². The summed E-state index contributed by atoms with van der Waals surface area (Å²) in [5.41, 5.74) is 5.89. The molecule has 0 unspecified atom stereocenters. The molecule has 0 spiro atoms. The van der Waals surface area contributed by atoms with Crippen molar-refractivity contribution in [3.05, 3.63) is 35.9 Å². The third-order valence-corrected chi connectivity index (χ3v) is 1.66. The maximum absolute atomic E-state index is 12.9. The first kappa shape index (κ1) is 17.6. The Balaban J connectivity index is 0. The number of hydrogen-bond acceptors (Lipinski definition) is 3. The Kier molecular flexibility index (Phi) is 10.3. The topological polar surface area (TPSA) is 48.1 Å². The van der Waals surface area contributed by atoms with Crippen LogP contribution in [0.25, 0.3) is 0 Å². The summed E-state index contributed by atoms with van der Waals surface area (Å²) >= 11 is 0. The van der Waals surface area contributed by atoms with Crippen LogP contribution in [-0.4, -0.2) is 18.1 Å². The highest BCUT2D eigenvalue weighted by molar-refractivity contribution is 5.85. The zero-order valence-electron chi connectivity index (χ0n) is 8.85. The number of aromatic nitrogens is 1. The zero-order chi connectivity index (χ0) is 10.4. The highest BCUT2D eigenvalue weighted by Gasteiger charge is 2.00. The molecule has 1 aromatic rings. The Labute approximate surface area is 107 Å². The van der Waals surface area contributed by atoms with Crippen LogP contribution in [0.15, 0.2) is 30.2 Å². The van der Waals surface area contributed by atoms with E-state index in [1.807, 2.05) is 0 Å². The number of nitrogens with two attached hydrogens (primary N) is 1. The Hall–Kier alpha value is -0.840. The van der Waals surface area contributed by atoms with Crippen LogP contribution in [0, 0.1) is 6.92 Å². The third kappa shape index (κ3) is 5.90. The van der Waals surface area contributed by atoms with Gasteiger partial charge in [0.25, 0.3) is 0 Å². The number of pyridine rings is 1. The second-order valence-corrected chi connectivity index (χ2v) is 2.76. The number of hydrogen-bond donors (Lipinski definition) is 1. The van der Waals surface area contributed by atoms with Gasteiger partial charge in [-0.25, -0.2) is 4.39 Å². The first-order valence-electron chi connectivity index (χ1n) is 4.33. The minimum atomic E-state index is -0.365. The van der Waals surface area contributed by atoms with Gasteiger partial charge in [0.05, 0.1) is 5.69 Å². The minimum Gasteiger partial charge on any atom is -0.485 e. The minimum absolute atomic E-state index is 0. The SMILES string of the molecule is Cc1ncccc1OC/C(F)=C\CN.Cl.Cl. The summed E-state index contributed by atoms with van der Waals surface area (Å²) in [4.78, 5) is 4.01. The van der Waals surface area contributed by atoms with Crippen LogP contribution >= 0.6 is 24.8 Å². The number of ether oxygens (including phenoxy) is 1. The lowest BCUT2D eigenvalue weighted by Gasteiger charge is -2.06. The molecule has 0 saturated carbocycles. The van der Waals surface area contributed by atoms with E-state index < -0.39 is 0 Å². The van der Waals surface area contributed by atoms with Gasteiger partial charge in [0.15, 0.2) is 0 Å². The van der Waals surface area contributed by atoms with Gasteiger partial charge in [-0.15, -0.1) is 24.8 Å². The second kappa shape index (κ2) is 9.39. The standard InChI is InChI=1S/C10H13FN2O.2ClH/c1-8-10(3-2-6-13-8)14-7-9(11)4-5-12;;/h2-4,6H,5,7,12H2,1H3;2*1H/b9-4+;;. The summed E-state index contributed by atoms with van der Waals surface area (Å²) in [5, 5.41) is 0. The maximum atomic E-state index is 12.9. The van der Waals surface area contributed by atoms with Crippen molar-refractivity contribution in [3.8, 4) is 5.75 Å². The monoisotopic (exact) mass is 268 g/mol. The highest BCUT2D eigenvalue weighted by Crippen LogP contribution is 2.14. The molecular weight excluding hydrogens is 254 g/mol. The van der Waals surface area contributed by atoms with Crippen molar-refractivity contribution >= 4 is 24.8 Å².